The third-order valence-corrected chi connectivity index (χ3v) is 10.5. The Morgan fingerprint density at radius 3 is 2.13 bits per heavy atom. The van der Waals surface area contributed by atoms with Crippen molar-refractivity contribution in [1.82, 2.24) is 15.5 Å². The number of urea groups is 1. The summed E-state index contributed by atoms with van der Waals surface area (Å²) in [6, 6.07) is 6.83. The average molecular weight is 524 g/mol. The maximum Gasteiger partial charge on any atom is 0.324 e. The van der Waals surface area contributed by atoms with E-state index in [1.165, 1.54) is 43.4 Å². The van der Waals surface area contributed by atoms with E-state index < -0.39 is 0 Å². The Balaban J connectivity index is 1.08. The van der Waals surface area contributed by atoms with Gasteiger partial charge in [0.25, 0.3) is 5.91 Å². The Hall–Kier alpha value is -2.45. The molecule has 0 spiro atoms. The molecule has 1 aromatic rings. The maximum atomic E-state index is 13.3. The number of fused-ring (bicyclic) bond motifs is 1. The number of nitrogens with zero attached hydrogens (tertiary/aromatic N) is 1. The topological polar surface area (TPSA) is 97.0 Å². The van der Waals surface area contributed by atoms with Crippen molar-refractivity contribution >= 4 is 17.8 Å². The number of ether oxygens (including phenoxy) is 2. The summed E-state index contributed by atoms with van der Waals surface area (Å²) in [5.74, 6) is 1.98. The Morgan fingerprint density at radius 2 is 1.55 bits per heavy atom. The summed E-state index contributed by atoms with van der Waals surface area (Å²) < 4.78 is 11.1. The molecule has 5 atom stereocenters. The van der Waals surface area contributed by atoms with Crippen molar-refractivity contribution < 1.29 is 23.9 Å². The first-order valence-corrected chi connectivity index (χ1v) is 14.4. The molecule has 1 saturated heterocycles. The van der Waals surface area contributed by atoms with Gasteiger partial charge in [-0.05, 0) is 99.2 Å². The second kappa shape index (κ2) is 9.94. The predicted molar refractivity (Wildman–Crippen MR) is 141 cm³/mol. The number of hydrogen-bond donors (Lipinski definition) is 2. The van der Waals surface area contributed by atoms with Gasteiger partial charge < -0.3 is 20.1 Å². The highest BCUT2D eigenvalue weighted by atomic mass is 16.5. The third kappa shape index (κ3) is 4.53. The fourth-order valence-electron chi connectivity index (χ4n) is 8.83. The van der Waals surface area contributed by atoms with Gasteiger partial charge >= 0.3 is 6.03 Å². The average Bonchev–Trinajstić information content (AvgIpc) is 2.90. The first-order valence-electron chi connectivity index (χ1n) is 14.4. The first kappa shape index (κ1) is 25.8. The number of nitrogens with one attached hydrogen (secondary N) is 2. The van der Waals surface area contributed by atoms with Crippen LogP contribution >= 0.6 is 0 Å². The van der Waals surface area contributed by atoms with Crippen molar-refractivity contribution in [2.45, 2.75) is 89.1 Å². The smallest absolute Gasteiger partial charge is 0.324 e. The van der Waals surface area contributed by atoms with Crippen LogP contribution in [0.15, 0.2) is 24.3 Å². The van der Waals surface area contributed by atoms with E-state index in [4.69, 9.17) is 9.47 Å². The van der Waals surface area contributed by atoms with Crippen LogP contribution in [0.2, 0.25) is 0 Å². The molecule has 1 heterocycles. The summed E-state index contributed by atoms with van der Waals surface area (Å²) in [6.07, 6.45) is 8.67. The highest BCUT2D eigenvalue weighted by molar-refractivity contribution is 5.99. The van der Waals surface area contributed by atoms with E-state index in [2.05, 4.69) is 17.6 Å². The lowest BCUT2D eigenvalue weighted by Gasteiger charge is -2.59. The minimum absolute atomic E-state index is 0.0464. The van der Waals surface area contributed by atoms with E-state index in [1.807, 2.05) is 12.1 Å². The Labute approximate surface area is 225 Å². The zero-order valence-corrected chi connectivity index (χ0v) is 22.8. The molecular weight excluding hydrogens is 482 g/mol. The standard InChI is InChI=1S/C30H41N3O5/c1-17(30-13-19-8-20(14-30)10-21(9-19)15-30)31-27(34)22-6-4-18(5-7-22)16-33-28(35)23-11-25(37-2)26(38-3)12-24(23)32-29(33)36/h4-7,17,19-21,23-26H,8-16H2,1-3H3,(H,31,34)(H,32,36). The first-order chi connectivity index (χ1) is 18.3. The minimum Gasteiger partial charge on any atom is -0.379 e. The van der Waals surface area contributed by atoms with Gasteiger partial charge in [0.15, 0.2) is 0 Å². The molecule has 2 N–H and O–H groups in total. The SMILES string of the molecule is COC1CC2NC(=O)N(Cc3ccc(C(=O)NC(C)C45CC6CC(CC(C6)C4)C5)cc3)C(=O)C2CC1OC. The van der Waals surface area contributed by atoms with Crippen molar-refractivity contribution in [2.75, 3.05) is 14.2 Å². The molecule has 8 heteroatoms. The second-order valence-corrected chi connectivity index (χ2v) is 12.8. The molecule has 5 saturated carbocycles. The van der Waals surface area contributed by atoms with Crippen LogP contribution in [0, 0.1) is 29.1 Å². The number of amides is 4. The van der Waals surface area contributed by atoms with E-state index in [0.29, 0.717) is 18.4 Å². The Kier molecular flexibility index (Phi) is 6.75. The third-order valence-electron chi connectivity index (χ3n) is 10.5. The summed E-state index contributed by atoms with van der Waals surface area (Å²) in [6.45, 7) is 2.37. The highest BCUT2D eigenvalue weighted by Gasteiger charge is 2.53. The lowest BCUT2D eigenvalue weighted by molar-refractivity contribution is -0.144. The fourth-order valence-corrected chi connectivity index (χ4v) is 8.83. The molecule has 4 bridgehead atoms. The van der Waals surface area contributed by atoms with Crippen LogP contribution in [0.25, 0.3) is 0 Å². The lowest BCUT2D eigenvalue weighted by Crippen LogP contribution is -2.63. The zero-order chi connectivity index (χ0) is 26.6. The van der Waals surface area contributed by atoms with Crippen molar-refractivity contribution in [2.24, 2.45) is 29.1 Å². The monoisotopic (exact) mass is 523 g/mol. The molecule has 8 nitrogen and oxygen atoms in total. The fraction of sp³-hybridized carbons (Fsp3) is 0.700. The van der Waals surface area contributed by atoms with Crippen LogP contribution in [-0.2, 0) is 20.8 Å². The highest BCUT2D eigenvalue weighted by Crippen LogP contribution is 2.61. The van der Waals surface area contributed by atoms with Crippen molar-refractivity contribution in [3.8, 4) is 0 Å². The molecule has 6 fully saturated rings. The molecule has 1 aromatic carbocycles. The molecule has 0 radical (unpaired) electrons. The summed E-state index contributed by atoms with van der Waals surface area (Å²) >= 11 is 0. The Morgan fingerprint density at radius 1 is 0.974 bits per heavy atom. The van der Waals surface area contributed by atoms with E-state index in [9.17, 15) is 14.4 Å². The number of hydrogen-bond acceptors (Lipinski definition) is 5. The molecule has 206 valence electrons. The van der Waals surface area contributed by atoms with Crippen LogP contribution in [0.1, 0.15) is 74.2 Å². The van der Waals surface area contributed by atoms with Crippen LogP contribution < -0.4 is 10.6 Å². The summed E-state index contributed by atoms with van der Waals surface area (Å²) in [5, 5.41) is 6.33. The number of carbonyl (C=O) groups excluding carboxylic acids is 3. The maximum absolute atomic E-state index is 13.3. The van der Waals surface area contributed by atoms with Gasteiger partial charge in [0, 0.05) is 31.9 Å². The van der Waals surface area contributed by atoms with Crippen molar-refractivity contribution in [3.63, 3.8) is 0 Å². The van der Waals surface area contributed by atoms with Crippen LogP contribution in [0.3, 0.4) is 0 Å². The van der Waals surface area contributed by atoms with Gasteiger partial charge in [0.1, 0.15) is 0 Å². The van der Waals surface area contributed by atoms with E-state index in [-0.39, 0.29) is 60.0 Å². The minimum atomic E-state index is -0.381. The van der Waals surface area contributed by atoms with Crippen molar-refractivity contribution in [1.29, 1.82) is 0 Å². The molecular formula is C30H41N3O5. The van der Waals surface area contributed by atoms with Gasteiger partial charge in [0.05, 0.1) is 24.7 Å². The molecule has 5 unspecified atom stereocenters. The summed E-state index contributed by atoms with van der Waals surface area (Å²) in [7, 11) is 3.26. The van der Waals surface area contributed by atoms with Gasteiger partial charge in [-0.2, -0.15) is 0 Å². The number of rotatable bonds is 7. The number of benzene rings is 1. The Bertz CT molecular complexity index is 1050. The van der Waals surface area contributed by atoms with Crippen molar-refractivity contribution in [3.05, 3.63) is 35.4 Å². The van der Waals surface area contributed by atoms with Gasteiger partial charge in [-0.15, -0.1) is 0 Å². The zero-order valence-electron chi connectivity index (χ0n) is 22.8. The van der Waals surface area contributed by atoms with Crippen LogP contribution in [0.5, 0.6) is 0 Å². The van der Waals surface area contributed by atoms with E-state index in [1.54, 1.807) is 26.4 Å². The van der Waals surface area contributed by atoms with Crippen LogP contribution in [-0.4, -0.2) is 61.3 Å². The largest absolute Gasteiger partial charge is 0.379 e. The van der Waals surface area contributed by atoms with Gasteiger partial charge in [-0.3, -0.25) is 14.5 Å². The van der Waals surface area contributed by atoms with Gasteiger partial charge in [-0.1, -0.05) is 12.1 Å². The van der Waals surface area contributed by atoms with E-state index in [0.717, 1.165) is 23.3 Å². The molecule has 38 heavy (non-hydrogen) atoms. The molecule has 4 amide bonds. The molecule has 7 rings (SSSR count). The quantitative estimate of drug-likeness (QED) is 0.565. The molecule has 5 aliphatic carbocycles. The van der Waals surface area contributed by atoms with Crippen LogP contribution in [0.4, 0.5) is 4.79 Å². The molecule has 6 aliphatic rings. The lowest BCUT2D eigenvalue weighted by atomic mass is 9.48. The number of carbonyl (C=O) groups is 3. The second-order valence-electron chi connectivity index (χ2n) is 12.8. The summed E-state index contributed by atoms with van der Waals surface area (Å²) in [5.41, 5.74) is 1.68. The number of imide groups is 1. The van der Waals surface area contributed by atoms with E-state index >= 15 is 0 Å². The summed E-state index contributed by atoms with van der Waals surface area (Å²) in [4.78, 5) is 40.6. The van der Waals surface area contributed by atoms with Gasteiger partial charge in [0.2, 0.25) is 5.91 Å². The molecule has 1 aliphatic heterocycles. The normalized spacial score (nSPS) is 38.5. The molecule has 0 aromatic heterocycles. The number of methoxy groups -OCH3 is 2. The predicted octanol–water partition coefficient (Wildman–Crippen LogP) is 3.88. The van der Waals surface area contributed by atoms with Gasteiger partial charge in [-0.25, -0.2) is 4.79 Å².